The summed E-state index contributed by atoms with van der Waals surface area (Å²) in [5.41, 5.74) is 3.97. The number of hydrogen-bond acceptors (Lipinski definition) is 4. The van der Waals surface area contributed by atoms with E-state index in [0.717, 1.165) is 41.1 Å². The van der Waals surface area contributed by atoms with E-state index in [2.05, 4.69) is 9.97 Å². The van der Waals surface area contributed by atoms with Gasteiger partial charge in [-0.25, -0.2) is 4.98 Å². The molecule has 1 aliphatic rings. The van der Waals surface area contributed by atoms with Gasteiger partial charge < -0.3 is 14.0 Å². The Morgan fingerprint density at radius 3 is 2.88 bits per heavy atom. The fourth-order valence-electron chi connectivity index (χ4n) is 3.03. The van der Waals surface area contributed by atoms with Gasteiger partial charge in [-0.2, -0.15) is 0 Å². The Bertz CT molecular complexity index is 820. The van der Waals surface area contributed by atoms with Gasteiger partial charge in [0.15, 0.2) is 0 Å². The molecule has 5 heteroatoms. The molecule has 5 nitrogen and oxygen atoms in total. The third-order valence-electron chi connectivity index (χ3n) is 4.47. The maximum Gasteiger partial charge on any atom is 0.119 e. The van der Waals surface area contributed by atoms with Gasteiger partial charge in [0.25, 0.3) is 0 Å². The molecule has 0 radical (unpaired) electrons. The number of hydrogen-bond donors (Lipinski definition) is 0. The van der Waals surface area contributed by atoms with Crippen LogP contribution in [-0.4, -0.2) is 33.9 Å². The van der Waals surface area contributed by atoms with Crippen LogP contribution < -0.4 is 4.74 Å². The van der Waals surface area contributed by atoms with Crippen LogP contribution in [0.25, 0.3) is 22.3 Å². The maximum atomic E-state index is 5.85. The minimum absolute atomic E-state index is 0.228. The summed E-state index contributed by atoms with van der Waals surface area (Å²) in [6, 6.07) is 10.1. The van der Waals surface area contributed by atoms with Crippen molar-refractivity contribution in [3.05, 3.63) is 42.9 Å². The number of imidazole rings is 1. The van der Waals surface area contributed by atoms with Crippen molar-refractivity contribution in [1.82, 2.24) is 14.5 Å². The molecule has 0 saturated carbocycles. The highest BCUT2D eigenvalue weighted by molar-refractivity contribution is 5.79. The maximum absolute atomic E-state index is 5.85. The van der Waals surface area contributed by atoms with Crippen molar-refractivity contribution in [3.63, 3.8) is 0 Å². The number of benzene rings is 1. The Balaban J connectivity index is 1.45. The zero-order valence-electron chi connectivity index (χ0n) is 13.8. The summed E-state index contributed by atoms with van der Waals surface area (Å²) >= 11 is 0. The standard InChI is InChI=1S/C19H21N3O2/c1-22-13-21-18-10-17(20-11-19(18)22)14-5-7-15(8-6-14)24-12-16-4-2-3-9-23-16/h5-8,10-11,13,16H,2-4,9,12H2,1H3. The van der Waals surface area contributed by atoms with Gasteiger partial charge in [0.2, 0.25) is 0 Å². The van der Waals surface area contributed by atoms with E-state index in [1.807, 2.05) is 48.1 Å². The van der Waals surface area contributed by atoms with Crippen LogP contribution in [0.5, 0.6) is 5.75 Å². The third kappa shape index (κ3) is 3.12. The van der Waals surface area contributed by atoms with Crippen LogP contribution in [0.2, 0.25) is 0 Å². The fraction of sp³-hybridized carbons (Fsp3) is 0.368. The van der Waals surface area contributed by atoms with Crippen molar-refractivity contribution in [2.24, 2.45) is 7.05 Å². The second-order valence-electron chi connectivity index (χ2n) is 6.24. The molecular formula is C19H21N3O2. The number of aryl methyl sites for hydroxylation is 1. The molecule has 3 heterocycles. The third-order valence-corrected chi connectivity index (χ3v) is 4.47. The molecule has 1 saturated heterocycles. The minimum atomic E-state index is 0.228. The number of ether oxygens (including phenoxy) is 2. The lowest BCUT2D eigenvalue weighted by Crippen LogP contribution is -2.25. The molecule has 0 amide bonds. The van der Waals surface area contributed by atoms with E-state index >= 15 is 0 Å². The number of pyridine rings is 1. The molecular weight excluding hydrogens is 302 g/mol. The first-order valence-corrected chi connectivity index (χ1v) is 8.41. The molecule has 0 aliphatic carbocycles. The number of aromatic nitrogens is 3. The first-order chi connectivity index (χ1) is 11.8. The molecule has 0 spiro atoms. The van der Waals surface area contributed by atoms with Crippen LogP contribution in [0.3, 0.4) is 0 Å². The Hall–Kier alpha value is -2.40. The molecule has 1 unspecified atom stereocenters. The van der Waals surface area contributed by atoms with Crippen molar-refractivity contribution in [1.29, 1.82) is 0 Å². The second kappa shape index (κ2) is 6.61. The van der Waals surface area contributed by atoms with Gasteiger partial charge in [-0.05, 0) is 49.6 Å². The molecule has 4 rings (SSSR count). The molecule has 124 valence electrons. The smallest absolute Gasteiger partial charge is 0.119 e. The predicted molar refractivity (Wildman–Crippen MR) is 93.0 cm³/mol. The van der Waals surface area contributed by atoms with E-state index in [1.165, 1.54) is 12.8 Å². The van der Waals surface area contributed by atoms with Gasteiger partial charge >= 0.3 is 0 Å². The van der Waals surface area contributed by atoms with Gasteiger partial charge in [-0.15, -0.1) is 0 Å². The Morgan fingerprint density at radius 2 is 2.08 bits per heavy atom. The van der Waals surface area contributed by atoms with Gasteiger partial charge in [0, 0.05) is 19.2 Å². The van der Waals surface area contributed by atoms with Crippen LogP contribution >= 0.6 is 0 Å². The first kappa shape index (κ1) is 15.1. The second-order valence-corrected chi connectivity index (χ2v) is 6.24. The van der Waals surface area contributed by atoms with Gasteiger partial charge in [0.05, 0.1) is 35.4 Å². The van der Waals surface area contributed by atoms with E-state index in [-0.39, 0.29) is 6.10 Å². The SMILES string of the molecule is Cn1cnc2cc(-c3ccc(OCC4CCCCO4)cc3)ncc21. The van der Waals surface area contributed by atoms with E-state index in [1.54, 1.807) is 6.33 Å². The zero-order chi connectivity index (χ0) is 16.4. The molecule has 0 N–H and O–H groups in total. The molecule has 1 aromatic carbocycles. The van der Waals surface area contributed by atoms with Crippen LogP contribution in [0.15, 0.2) is 42.9 Å². The van der Waals surface area contributed by atoms with Gasteiger partial charge in [0.1, 0.15) is 12.4 Å². The topological polar surface area (TPSA) is 49.2 Å². The van der Waals surface area contributed by atoms with Gasteiger partial charge in [-0.1, -0.05) is 0 Å². The summed E-state index contributed by atoms with van der Waals surface area (Å²) in [5, 5.41) is 0. The highest BCUT2D eigenvalue weighted by atomic mass is 16.5. The summed E-state index contributed by atoms with van der Waals surface area (Å²) in [6.07, 6.45) is 7.38. The lowest BCUT2D eigenvalue weighted by Gasteiger charge is -2.22. The fourth-order valence-corrected chi connectivity index (χ4v) is 3.03. The molecule has 3 aromatic rings. The van der Waals surface area contributed by atoms with Crippen LogP contribution in [0.4, 0.5) is 0 Å². The van der Waals surface area contributed by atoms with E-state index in [9.17, 15) is 0 Å². The molecule has 1 aliphatic heterocycles. The summed E-state index contributed by atoms with van der Waals surface area (Å²) in [7, 11) is 1.97. The van der Waals surface area contributed by atoms with Crippen LogP contribution in [-0.2, 0) is 11.8 Å². The van der Waals surface area contributed by atoms with Crippen molar-refractivity contribution in [3.8, 4) is 17.0 Å². The molecule has 1 atom stereocenters. The lowest BCUT2D eigenvalue weighted by molar-refractivity contribution is -0.0110. The van der Waals surface area contributed by atoms with E-state index < -0.39 is 0 Å². The molecule has 2 aromatic heterocycles. The lowest BCUT2D eigenvalue weighted by atomic mass is 10.1. The van der Waals surface area contributed by atoms with Crippen molar-refractivity contribution in [2.75, 3.05) is 13.2 Å². The molecule has 1 fully saturated rings. The average molecular weight is 323 g/mol. The number of fused-ring (bicyclic) bond motifs is 1. The van der Waals surface area contributed by atoms with Crippen molar-refractivity contribution in [2.45, 2.75) is 25.4 Å². The highest BCUT2D eigenvalue weighted by Crippen LogP contribution is 2.24. The zero-order valence-corrected chi connectivity index (χ0v) is 13.8. The molecule has 24 heavy (non-hydrogen) atoms. The Kier molecular flexibility index (Phi) is 4.17. The Labute approximate surface area is 141 Å². The predicted octanol–water partition coefficient (Wildman–Crippen LogP) is 3.58. The quantitative estimate of drug-likeness (QED) is 0.736. The average Bonchev–Trinajstić information content (AvgIpc) is 3.02. The first-order valence-electron chi connectivity index (χ1n) is 8.41. The van der Waals surface area contributed by atoms with Crippen molar-refractivity contribution >= 4 is 11.0 Å². The summed E-state index contributed by atoms with van der Waals surface area (Å²) in [6.45, 7) is 1.48. The van der Waals surface area contributed by atoms with Crippen LogP contribution in [0, 0.1) is 0 Å². The van der Waals surface area contributed by atoms with Gasteiger partial charge in [-0.3, -0.25) is 4.98 Å². The summed E-state index contributed by atoms with van der Waals surface area (Å²) in [4.78, 5) is 8.93. The van der Waals surface area contributed by atoms with E-state index in [0.29, 0.717) is 6.61 Å². The highest BCUT2D eigenvalue weighted by Gasteiger charge is 2.14. The summed E-state index contributed by atoms with van der Waals surface area (Å²) in [5.74, 6) is 0.867. The number of rotatable bonds is 4. The van der Waals surface area contributed by atoms with Crippen LogP contribution in [0.1, 0.15) is 19.3 Å². The minimum Gasteiger partial charge on any atom is -0.491 e. The number of nitrogens with zero attached hydrogens (tertiary/aromatic N) is 3. The van der Waals surface area contributed by atoms with E-state index in [4.69, 9.17) is 9.47 Å². The Morgan fingerprint density at radius 1 is 1.21 bits per heavy atom. The molecule has 0 bridgehead atoms. The van der Waals surface area contributed by atoms with Crippen molar-refractivity contribution < 1.29 is 9.47 Å². The largest absolute Gasteiger partial charge is 0.491 e. The summed E-state index contributed by atoms with van der Waals surface area (Å²) < 4.78 is 13.5. The monoisotopic (exact) mass is 323 g/mol. The normalized spacial score (nSPS) is 18.0.